The molecule has 0 bridgehead atoms. The Hall–Kier alpha value is -1.10. The summed E-state index contributed by atoms with van der Waals surface area (Å²) in [7, 11) is 0. The molecule has 0 spiro atoms. The molecular formula is C13H7BrCl2FNO. The molecule has 98 valence electrons. The standard InChI is InChI=1S/C13H7BrCl2FNO/c14-8-5-11(17)7(4-9(8)15)13(19)6-1-2-12(18)10(16)3-6/h1-5H,18H2. The maximum absolute atomic E-state index is 13.8. The topological polar surface area (TPSA) is 43.1 Å². The van der Waals surface area contributed by atoms with Gasteiger partial charge < -0.3 is 5.73 Å². The molecule has 2 aromatic carbocycles. The Bertz CT molecular complexity index is 676. The van der Waals surface area contributed by atoms with Crippen LogP contribution in [0.15, 0.2) is 34.8 Å². The van der Waals surface area contributed by atoms with Crippen molar-refractivity contribution >= 4 is 50.6 Å². The van der Waals surface area contributed by atoms with E-state index in [-0.39, 0.29) is 21.2 Å². The normalized spacial score (nSPS) is 10.5. The average molecular weight is 363 g/mol. The third kappa shape index (κ3) is 2.91. The highest BCUT2D eigenvalue weighted by Gasteiger charge is 2.17. The number of hydrogen-bond donors (Lipinski definition) is 1. The third-order valence-electron chi connectivity index (χ3n) is 2.52. The Morgan fingerprint density at radius 2 is 1.84 bits per heavy atom. The molecule has 0 atom stereocenters. The second kappa shape index (κ2) is 5.49. The van der Waals surface area contributed by atoms with Crippen molar-refractivity contribution in [1.29, 1.82) is 0 Å². The minimum Gasteiger partial charge on any atom is -0.398 e. The predicted octanol–water partition coefficient (Wildman–Crippen LogP) is 4.71. The van der Waals surface area contributed by atoms with Crippen LogP contribution in [-0.4, -0.2) is 5.78 Å². The molecule has 2 aromatic rings. The van der Waals surface area contributed by atoms with Crippen LogP contribution in [-0.2, 0) is 0 Å². The summed E-state index contributed by atoms with van der Waals surface area (Å²) in [5.74, 6) is -1.16. The zero-order valence-electron chi connectivity index (χ0n) is 9.38. The van der Waals surface area contributed by atoms with Crippen LogP contribution < -0.4 is 5.73 Å². The van der Waals surface area contributed by atoms with E-state index in [2.05, 4.69) is 15.9 Å². The van der Waals surface area contributed by atoms with Crippen molar-refractivity contribution in [3.05, 3.63) is 61.8 Å². The number of carbonyl (C=O) groups is 1. The van der Waals surface area contributed by atoms with E-state index in [1.54, 1.807) is 0 Å². The fraction of sp³-hybridized carbons (Fsp3) is 0. The summed E-state index contributed by atoms with van der Waals surface area (Å²) in [6.45, 7) is 0. The molecule has 19 heavy (non-hydrogen) atoms. The van der Waals surface area contributed by atoms with E-state index in [0.29, 0.717) is 10.2 Å². The second-order valence-corrected chi connectivity index (χ2v) is 5.48. The Kier molecular flexibility index (Phi) is 4.13. The van der Waals surface area contributed by atoms with Gasteiger partial charge in [0.2, 0.25) is 0 Å². The van der Waals surface area contributed by atoms with Gasteiger partial charge in [-0.2, -0.15) is 0 Å². The number of anilines is 1. The Labute approximate surface area is 127 Å². The number of hydrogen-bond acceptors (Lipinski definition) is 2. The first-order valence-corrected chi connectivity index (χ1v) is 6.69. The summed E-state index contributed by atoms with van der Waals surface area (Å²) >= 11 is 14.8. The lowest BCUT2D eigenvalue weighted by Crippen LogP contribution is -2.05. The van der Waals surface area contributed by atoms with E-state index in [4.69, 9.17) is 28.9 Å². The third-order valence-corrected chi connectivity index (χ3v) is 4.04. The molecule has 6 heteroatoms. The summed E-state index contributed by atoms with van der Waals surface area (Å²) in [5.41, 5.74) is 6.04. The van der Waals surface area contributed by atoms with Crippen molar-refractivity contribution in [2.75, 3.05) is 5.73 Å². The molecule has 2 rings (SSSR count). The fourth-order valence-electron chi connectivity index (χ4n) is 1.52. The maximum Gasteiger partial charge on any atom is 0.196 e. The number of halogens is 4. The van der Waals surface area contributed by atoms with Crippen LogP contribution in [0.2, 0.25) is 10.0 Å². The van der Waals surface area contributed by atoms with Gasteiger partial charge in [-0.05, 0) is 46.3 Å². The summed E-state index contributed by atoms with van der Waals surface area (Å²) in [6.07, 6.45) is 0. The molecule has 0 amide bonds. The van der Waals surface area contributed by atoms with Crippen LogP contribution in [0.25, 0.3) is 0 Å². The molecule has 0 unspecified atom stereocenters. The molecule has 0 radical (unpaired) electrons. The lowest BCUT2D eigenvalue weighted by atomic mass is 10.0. The number of nitrogens with two attached hydrogens (primary N) is 1. The molecule has 0 saturated heterocycles. The minimum absolute atomic E-state index is 0.117. The largest absolute Gasteiger partial charge is 0.398 e. The fourth-order valence-corrected chi connectivity index (χ4v) is 2.18. The zero-order chi connectivity index (χ0) is 14.2. The highest BCUT2D eigenvalue weighted by molar-refractivity contribution is 9.10. The quantitative estimate of drug-likeness (QED) is 0.477. The molecule has 2 N–H and O–H groups in total. The Morgan fingerprint density at radius 1 is 1.16 bits per heavy atom. The van der Waals surface area contributed by atoms with E-state index < -0.39 is 11.6 Å². The summed E-state index contributed by atoms with van der Waals surface area (Å²) in [4.78, 5) is 12.2. The Balaban J connectivity index is 2.49. The number of benzene rings is 2. The van der Waals surface area contributed by atoms with Crippen molar-refractivity contribution in [3.63, 3.8) is 0 Å². The molecule has 0 fully saturated rings. The summed E-state index contributed by atoms with van der Waals surface area (Å²) < 4.78 is 14.2. The first-order valence-electron chi connectivity index (χ1n) is 5.14. The lowest BCUT2D eigenvalue weighted by molar-refractivity contribution is 0.103. The van der Waals surface area contributed by atoms with Crippen molar-refractivity contribution in [2.24, 2.45) is 0 Å². The molecule has 0 saturated carbocycles. The number of carbonyl (C=O) groups excluding carboxylic acids is 1. The minimum atomic E-state index is -0.658. The SMILES string of the molecule is Nc1ccc(C(=O)c2cc(Cl)c(Br)cc2F)cc1Cl. The van der Waals surface area contributed by atoms with E-state index in [9.17, 15) is 9.18 Å². The highest BCUT2D eigenvalue weighted by Crippen LogP contribution is 2.28. The summed E-state index contributed by atoms with van der Waals surface area (Å²) in [6, 6.07) is 6.80. The van der Waals surface area contributed by atoms with Crippen molar-refractivity contribution < 1.29 is 9.18 Å². The lowest BCUT2D eigenvalue weighted by Gasteiger charge is -2.06. The smallest absolute Gasteiger partial charge is 0.196 e. The monoisotopic (exact) mass is 361 g/mol. The van der Waals surface area contributed by atoms with Crippen LogP contribution >= 0.6 is 39.1 Å². The number of nitrogen functional groups attached to an aromatic ring is 1. The molecular weight excluding hydrogens is 356 g/mol. The van der Waals surface area contributed by atoms with Crippen LogP contribution in [0.1, 0.15) is 15.9 Å². The van der Waals surface area contributed by atoms with Crippen LogP contribution in [0.3, 0.4) is 0 Å². The number of rotatable bonds is 2. The van der Waals surface area contributed by atoms with Gasteiger partial charge in [-0.15, -0.1) is 0 Å². The first-order chi connectivity index (χ1) is 8.90. The highest BCUT2D eigenvalue weighted by atomic mass is 79.9. The van der Waals surface area contributed by atoms with Gasteiger partial charge in [-0.1, -0.05) is 23.2 Å². The second-order valence-electron chi connectivity index (χ2n) is 3.81. The van der Waals surface area contributed by atoms with Gasteiger partial charge in [0.05, 0.1) is 21.3 Å². The molecule has 0 aliphatic carbocycles. The van der Waals surface area contributed by atoms with Gasteiger partial charge in [0.15, 0.2) is 5.78 Å². The van der Waals surface area contributed by atoms with E-state index >= 15 is 0 Å². The molecule has 0 aromatic heterocycles. The Morgan fingerprint density at radius 3 is 2.47 bits per heavy atom. The van der Waals surface area contributed by atoms with Gasteiger partial charge in [-0.3, -0.25) is 4.79 Å². The van der Waals surface area contributed by atoms with Crippen molar-refractivity contribution in [1.82, 2.24) is 0 Å². The first kappa shape index (κ1) is 14.3. The van der Waals surface area contributed by atoms with Gasteiger partial charge in [0, 0.05) is 10.0 Å². The van der Waals surface area contributed by atoms with Crippen LogP contribution in [0.4, 0.5) is 10.1 Å². The molecule has 2 nitrogen and oxygen atoms in total. The van der Waals surface area contributed by atoms with E-state index in [0.717, 1.165) is 6.07 Å². The van der Waals surface area contributed by atoms with Crippen molar-refractivity contribution in [2.45, 2.75) is 0 Å². The molecule has 0 aliphatic rings. The molecule has 0 aliphatic heterocycles. The average Bonchev–Trinajstić information content (AvgIpc) is 2.36. The van der Waals surface area contributed by atoms with Gasteiger partial charge in [0.1, 0.15) is 5.82 Å². The van der Waals surface area contributed by atoms with Crippen LogP contribution in [0.5, 0.6) is 0 Å². The van der Waals surface area contributed by atoms with E-state index in [1.807, 2.05) is 0 Å². The van der Waals surface area contributed by atoms with E-state index in [1.165, 1.54) is 24.3 Å². The molecule has 0 heterocycles. The summed E-state index contributed by atoms with van der Waals surface area (Å²) in [5, 5.41) is 0.501. The zero-order valence-corrected chi connectivity index (χ0v) is 12.5. The van der Waals surface area contributed by atoms with Gasteiger partial charge in [0.25, 0.3) is 0 Å². The van der Waals surface area contributed by atoms with Gasteiger partial charge in [-0.25, -0.2) is 4.39 Å². The van der Waals surface area contributed by atoms with Gasteiger partial charge >= 0.3 is 0 Å². The maximum atomic E-state index is 13.8. The number of ketones is 1. The predicted molar refractivity (Wildman–Crippen MR) is 78.4 cm³/mol. The van der Waals surface area contributed by atoms with Crippen LogP contribution in [0, 0.1) is 5.82 Å². The van der Waals surface area contributed by atoms with Crippen molar-refractivity contribution in [3.8, 4) is 0 Å².